The fourth-order valence-electron chi connectivity index (χ4n) is 1.91. The van der Waals surface area contributed by atoms with Gasteiger partial charge in [-0.3, -0.25) is 4.79 Å². The number of aromatic nitrogens is 3. The molecule has 0 bridgehead atoms. The first kappa shape index (κ1) is 19.2. The monoisotopic (exact) mass is 385 g/mol. The average molecular weight is 386 g/mol. The van der Waals surface area contributed by atoms with Crippen molar-refractivity contribution in [2.45, 2.75) is 6.18 Å². The van der Waals surface area contributed by atoms with Gasteiger partial charge < -0.3 is 15.6 Å². The number of alkyl halides is 3. The van der Waals surface area contributed by atoms with E-state index >= 15 is 0 Å². The Morgan fingerprint density at radius 3 is 2.35 bits per heavy atom. The van der Waals surface area contributed by atoms with Crippen molar-refractivity contribution in [3.63, 3.8) is 0 Å². The van der Waals surface area contributed by atoms with Gasteiger partial charge in [-0.2, -0.15) is 18.2 Å². The number of nitrogens with two attached hydrogens (primary N) is 1. The molecule has 26 heavy (non-hydrogen) atoms. The topological polar surface area (TPSA) is 107 Å². The minimum Gasteiger partial charge on any atom is -0.384 e. The Morgan fingerprint density at radius 1 is 1.12 bits per heavy atom. The fraction of sp³-hybridized carbons (Fsp3) is 0.0667. The molecule has 1 aromatic carbocycles. The average Bonchev–Trinajstić information content (AvgIpc) is 3.07. The highest BCUT2D eigenvalue weighted by Gasteiger charge is 2.38. The van der Waals surface area contributed by atoms with Crippen LogP contribution in [-0.2, 0) is 6.18 Å². The summed E-state index contributed by atoms with van der Waals surface area (Å²) >= 11 is 0. The number of amides is 1. The predicted molar refractivity (Wildman–Crippen MR) is 88.6 cm³/mol. The lowest BCUT2D eigenvalue weighted by Gasteiger charge is -2.05. The van der Waals surface area contributed by atoms with E-state index in [0.717, 1.165) is 0 Å². The van der Waals surface area contributed by atoms with Gasteiger partial charge in [-0.1, -0.05) is 17.3 Å². The molecule has 0 saturated heterocycles. The molecule has 1 amide bonds. The molecule has 2 aromatic heterocycles. The summed E-state index contributed by atoms with van der Waals surface area (Å²) in [6, 6.07) is 8.82. The Hall–Kier alpha value is -3.14. The molecule has 0 aliphatic rings. The highest BCUT2D eigenvalue weighted by molar-refractivity contribution is 6.04. The first-order valence-electron chi connectivity index (χ1n) is 6.87. The standard InChI is InChI=1S/C15H10F3N5O2.ClH/c16-15(17,18)14-22-12(23-25-14)8-1-3-9(4-2-8)13(24)21-10-5-6-11(19)20-7-10;/h1-7H,(H2,19,20)(H,21,24);1H. The van der Waals surface area contributed by atoms with Crippen LogP contribution in [-0.4, -0.2) is 21.0 Å². The number of halogens is 4. The lowest BCUT2D eigenvalue weighted by Crippen LogP contribution is -2.12. The van der Waals surface area contributed by atoms with Crippen LogP contribution in [0.4, 0.5) is 24.7 Å². The van der Waals surface area contributed by atoms with Gasteiger partial charge in [-0.15, -0.1) is 12.4 Å². The van der Waals surface area contributed by atoms with Crippen LogP contribution < -0.4 is 11.1 Å². The van der Waals surface area contributed by atoms with Crippen molar-refractivity contribution in [3.05, 3.63) is 54.0 Å². The predicted octanol–water partition coefficient (Wildman–Crippen LogP) is 3.41. The number of carbonyl (C=O) groups excluding carboxylic acids is 1. The SMILES string of the molecule is Cl.Nc1ccc(NC(=O)c2ccc(-c3noc(C(F)(F)F)n3)cc2)cn1. The Labute approximate surface area is 150 Å². The number of rotatable bonds is 3. The Balaban J connectivity index is 0.00000243. The number of nitrogens with zero attached hydrogens (tertiary/aromatic N) is 3. The molecule has 0 fully saturated rings. The number of carbonyl (C=O) groups is 1. The van der Waals surface area contributed by atoms with E-state index in [1.54, 1.807) is 6.07 Å². The van der Waals surface area contributed by atoms with Crippen molar-refractivity contribution in [2.24, 2.45) is 0 Å². The van der Waals surface area contributed by atoms with Crippen molar-refractivity contribution >= 4 is 29.8 Å². The molecule has 0 aliphatic heterocycles. The zero-order valence-corrected chi connectivity index (χ0v) is 13.6. The highest BCUT2D eigenvalue weighted by atomic mass is 35.5. The van der Waals surface area contributed by atoms with Crippen molar-refractivity contribution < 1.29 is 22.5 Å². The summed E-state index contributed by atoms with van der Waals surface area (Å²) in [5.41, 5.74) is 6.48. The minimum atomic E-state index is -4.71. The summed E-state index contributed by atoms with van der Waals surface area (Å²) in [5.74, 6) is -1.75. The van der Waals surface area contributed by atoms with Gasteiger partial charge in [0.25, 0.3) is 5.91 Å². The van der Waals surface area contributed by atoms with Crippen molar-refractivity contribution in [1.82, 2.24) is 15.1 Å². The molecule has 136 valence electrons. The molecule has 0 aliphatic carbocycles. The number of nitrogen functional groups attached to an aromatic ring is 1. The van der Waals surface area contributed by atoms with E-state index in [-0.39, 0.29) is 23.8 Å². The fourth-order valence-corrected chi connectivity index (χ4v) is 1.91. The normalized spacial score (nSPS) is 10.9. The third kappa shape index (κ3) is 4.28. The van der Waals surface area contributed by atoms with Gasteiger partial charge in [0.15, 0.2) is 0 Å². The molecule has 0 radical (unpaired) electrons. The number of hydrogen-bond acceptors (Lipinski definition) is 6. The smallest absolute Gasteiger partial charge is 0.384 e. The second-order valence-electron chi connectivity index (χ2n) is 4.92. The van der Waals surface area contributed by atoms with Crippen LogP contribution in [0.5, 0.6) is 0 Å². The van der Waals surface area contributed by atoms with Crippen LogP contribution in [0.15, 0.2) is 47.1 Å². The zero-order valence-electron chi connectivity index (χ0n) is 12.8. The molecule has 11 heteroatoms. The molecule has 3 aromatic rings. The summed E-state index contributed by atoms with van der Waals surface area (Å²) in [4.78, 5) is 19.2. The molecule has 3 rings (SSSR count). The number of nitrogens with one attached hydrogen (secondary N) is 1. The van der Waals surface area contributed by atoms with Crippen molar-refractivity contribution in [2.75, 3.05) is 11.1 Å². The van der Waals surface area contributed by atoms with Crippen molar-refractivity contribution in [1.29, 1.82) is 0 Å². The van der Waals surface area contributed by atoms with E-state index in [1.165, 1.54) is 36.5 Å². The highest BCUT2D eigenvalue weighted by Crippen LogP contribution is 2.29. The van der Waals surface area contributed by atoms with Gasteiger partial charge in [-0.05, 0) is 24.3 Å². The second kappa shape index (κ2) is 7.40. The maximum Gasteiger partial charge on any atom is 0.471 e. The number of hydrogen-bond donors (Lipinski definition) is 2. The molecule has 0 saturated carbocycles. The lowest BCUT2D eigenvalue weighted by atomic mass is 10.1. The summed E-state index contributed by atoms with van der Waals surface area (Å²) in [5, 5.41) is 5.89. The van der Waals surface area contributed by atoms with Crippen LogP contribution in [0, 0.1) is 0 Å². The molecule has 7 nitrogen and oxygen atoms in total. The largest absolute Gasteiger partial charge is 0.471 e. The summed E-state index contributed by atoms with van der Waals surface area (Å²) in [6.45, 7) is 0. The first-order valence-corrected chi connectivity index (χ1v) is 6.87. The Bertz CT molecular complexity index is 895. The van der Waals surface area contributed by atoms with Crippen LogP contribution in [0.25, 0.3) is 11.4 Å². The molecule has 2 heterocycles. The van der Waals surface area contributed by atoms with Crippen LogP contribution >= 0.6 is 12.4 Å². The number of benzene rings is 1. The third-order valence-electron chi connectivity index (χ3n) is 3.12. The quantitative estimate of drug-likeness (QED) is 0.715. The van der Waals surface area contributed by atoms with Gasteiger partial charge in [0.05, 0.1) is 11.9 Å². The Kier molecular flexibility index (Phi) is 5.46. The van der Waals surface area contributed by atoms with E-state index in [0.29, 0.717) is 17.1 Å². The van der Waals surface area contributed by atoms with E-state index < -0.39 is 18.0 Å². The summed E-state index contributed by atoms with van der Waals surface area (Å²) < 4.78 is 41.5. The molecular formula is C15H11ClF3N5O2. The Morgan fingerprint density at radius 2 is 1.81 bits per heavy atom. The van der Waals surface area contributed by atoms with Crippen LogP contribution in [0.2, 0.25) is 0 Å². The summed E-state index contributed by atoms with van der Waals surface area (Å²) in [6.07, 6.45) is -3.31. The molecular weight excluding hydrogens is 375 g/mol. The third-order valence-corrected chi connectivity index (χ3v) is 3.12. The van der Waals surface area contributed by atoms with Gasteiger partial charge in [-0.25, -0.2) is 4.98 Å². The number of pyridine rings is 1. The first-order chi connectivity index (χ1) is 11.8. The maximum atomic E-state index is 12.5. The lowest BCUT2D eigenvalue weighted by molar-refractivity contribution is -0.159. The van der Waals surface area contributed by atoms with Gasteiger partial charge >= 0.3 is 12.1 Å². The number of anilines is 2. The molecule has 3 N–H and O–H groups in total. The van der Waals surface area contributed by atoms with E-state index in [2.05, 4.69) is 25.0 Å². The van der Waals surface area contributed by atoms with E-state index in [4.69, 9.17) is 5.73 Å². The van der Waals surface area contributed by atoms with E-state index in [9.17, 15) is 18.0 Å². The molecule has 0 unspecified atom stereocenters. The maximum absolute atomic E-state index is 12.5. The van der Waals surface area contributed by atoms with E-state index in [1.807, 2.05) is 0 Å². The van der Waals surface area contributed by atoms with Crippen LogP contribution in [0.1, 0.15) is 16.2 Å². The van der Waals surface area contributed by atoms with Crippen LogP contribution in [0.3, 0.4) is 0 Å². The molecule has 0 spiro atoms. The minimum absolute atomic E-state index is 0. The summed E-state index contributed by atoms with van der Waals surface area (Å²) in [7, 11) is 0. The van der Waals surface area contributed by atoms with Crippen molar-refractivity contribution in [3.8, 4) is 11.4 Å². The van der Waals surface area contributed by atoms with Gasteiger partial charge in [0.2, 0.25) is 5.82 Å². The zero-order chi connectivity index (χ0) is 18.0. The molecule has 0 atom stereocenters. The van der Waals surface area contributed by atoms with Gasteiger partial charge in [0, 0.05) is 11.1 Å². The van der Waals surface area contributed by atoms with Gasteiger partial charge in [0.1, 0.15) is 5.82 Å². The second-order valence-corrected chi connectivity index (χ2v) is 4.92.